The van der Waals surface area contributed by atoms with E-state index in [0.717, 1.165) is 17.2 Å². The monoisotopic (exact) mass is 360 g/mol. The van der Waals surface area contributed by atoms with Crippen LogP contribution in [0.4, 0.5) is 0 Å². The molecule has 0 spiro atoms. The Morgan fingerprint density at radius 1 is 0.960 bits per heavy atom. The highest BCUT2D eigenvalue weighted by Gasteiger charge is 2.04. The molecule has 0 bridgehead atoms. The SMILES string of the molecule is CS(=O)(=O)Oc1ccc(CCOc2ccc3ccc(=O)oc3c2)cc1. The molecule has 25 heavy (non-hydrogen) atoms. The van der Waals surface area contributed by atoms with Gasteiger partial charge in [-0.2, -0.15) is 8.42 Å². The number of benzene rings is 2. The van der Waals surface area contributed by atoms with Crippen molar-refractivity contribution in [3.63, 3.8) is 0 Å². The average Bonchev–Trinajstić information content (AvgIpc) is 2.55. The van der Waals surface area contributed by atoms with Crippen LogP contribution in [0.25, 0.3) is 11.0 Å². The Hall–Kier alpha value is -2.80. The van der Waals surface area contributed by atoms with Crippen LogP contribution in [-0.4, -0.2) is 21.3 Å². The molecule has 1 aromatic heterocycles. The van der Waals surface area contributed by atoms with Crippen molar-refractivity contribution in [1.29, 1.82) is 0 Å². The van der Waals surface area contributed by atoms with Crippen LogP contribution in [0.15, 0.2) is 63.8 Å². The quantitative estimate of drug-likeness (QED) is 0.496. The molecule has 3 aromatic rings. The predicted octanol–water partition coefficient (Wildman–Crippen LogP) is 2.75. The third kappa shape index (κ3) is 4.84. The van der Waals surface area contributed by atoms with Gasteiger partial charge in [0.1, 0.15) is 17.1 Å². The summed E-state index contributed by atoms with van der Waals surface area (Å²) in [5.41, 5.74) is 1.06. The zero-order valence-corrected chi connectivity index (χ0v) is 14.3. The molecule has 0 aliphatic heterocycles. The maximum atomic E-state index is 11.3. The van der Waals surface area contributed by atoms with Crippen LogP contribution in [0, 0.1) is 0 Å². The highest BCUT2D eigenvalue weighted by atomic mass is 32.2. The van der Waals surface area contributed by atoms with Gasteiger partial charge in [-0.15, -0.1) is 0 Å². The second kappa shape index (κ2) is 6.98. The topological polar surface area (TPSA) is 82.8 Å². The lowest BCUT2D eigenvalue weighted by Gasteiger charge is -2.08. The van der Waals surface area contributed by atoms with E-state index in [1.54, 1.807) is 36.4 Å². The molecule has 6 nitrogen and oxygen atoms in total. The molecular weight excluding hydrogens is 344 g/mol. The van der Waals surface area contributed by atoms with E-state index in [4.69, 9.17) is 13.3 Å². The summed E-state index contributed by atoms with van der Waals surface area (Å²) >= 11 is 0. The zero-order chi connectivity index (χ0) is 17.9. The summed E-state index contributed by atoms with van der Waals surface area (Å²) in [6.45, 7) is 0.425. The van der Waals surface area contributed by atoms with E-state index in [9.17, 15) is 13.2 Å². The Bertz CT molecular complexity index is 1040. The normalized spacial score (nSPS) is 11.4. The average molecular weight is 360 g/mol. The standard InChI is InChI=1S/C18H16O6S/c1-25(20,21)24-15-6-2-13(3-7-15)10-11-22-16-8-4-14-5-9-18(19)23-17(14)12-16/h2-9,12H,10-11H2,1H3. The fourth-order valence-corrected chi connectivity index (χ4v) is 2.76. The molecule has 0 aliphatic rings. The van der Waals surface area contributed by atoms with E-state index in [1.807, 2.05) is 12.1 Å². The van der Waals surface area contributed by atoms with E-state index in [0.29, 0.717) is 24.4 Å². The molecule has 0 unspecified atom stereocenters. The number of rotatable bonds is 6. The van der Waals surface area contributed by atoms with Crippen LogP contribution in [-0.2, 0) is 16.5 Å². The lowest BCUT2D eigenvalue weighted by molar-refractivity contribution is 0.322. The first kappa shape index (κ1) is 17.0. The first-order valence-corrected chi connectivity index (χ1v) is 9.36. The minimum absolute atomic E-state index is 0.275. The number of hydrogen-bond donors (Lipinski definition) is 0. The van der Waals surface area contributed by atoms with Gasteiger partial charge < -0.3 is 13.3 Å². The van der Waals surface area contributed by atoms with E-state index in [2.05, 4.69) is 0 Å². The second-order valence-electron chi connectivity index (χ2n) is 5.48. The fourth-order valence-electron chi connectivity index (χ4n) is 2.30. The highest BCUT2D eigenvalue weighted by molar-refractivity contribution is 7.86. The van der Waals surface area contributed by atoms with Gasteiger partial charge in [0.2, 0.25) is 0 Å². The minimum atomic E-state index is -3.52. The number of hydrogen-bond acceptors (Lipinski definition) is 6. The zero-order valence-electron chi connectivity index (χ0n) is 13.5. The van der Waals surface area contributed by atoms with Gasteiger partial charge in [-0.25, -0.2) is 4.79 Å². The van der Waals surface area contributed by atoms with E-state index in [-0.39, 0.29) is 5.75 Å². The number of fused-ring (bicyclic) bond motifs is 1. The lowest BCUT2D eigenvalue weighted by Crippen LogP contribution is -2.06. The molecule has 0 fully saturated rings. The molecule has 0 N–H and O–H groups in total. The summed E-state index contributed by atoms with van der Waals surface area (Å²) in [5, 5.41) is 0.827. The van der Waals surface area contributed by atoms with Crippen LogP contribution in [0.5, 0.6) is 11.5 Å². The summed E-state index contributed by atoms with van der Waals surface area (Å²) in [5.74, 6) is 0.885. The molecule has 1 heterocycles. The Morgan fingerprint density at radius 2 is 1.64 bits per heavy atom. The van der Waals surface area contributed by atoms with Gasteiger partial charge in [-0.1, -0.05) is 12.1 Å². The van der Waals surface area contributed by atoms with Crippen molar-refractivity contribution in [3.8, 4) is 11.5 Å². The largest absolute Gasteiger partial charge is 0.493 e. The Balaban J connectivity index is 1.60. The van der Waals surface area contributed by atoms with E-state index < -0.39 is 15.7 Å². The van der Waals surface area contributed by atoms with Crippen LogP contribution in [0.3, 0.4) is 0 Å². The molecule has 0 amide bonds. The van der Waals surface area contributed by atoms with Crippen LogP contribution in [0.2, 0.25) is 0 Å². The lowest BCUT2D eigenvalue weighted by atomic mass is 10.1. The van der Waals surface area contributed by atoms with Gasteiger partial charge in [-0.3, -0.25) is 0 Å². The molecule has 0 aliphatic carbocycles. The third-order valence-corrected chi connectivity index (χ3v) is 3.92. The van der Waals surface area contributed by atoms with Gasteiger partial charge in [0.25, 0.3) is 0 Å². The first-order valence-electron chi connectivity index (χ1n) is 7.54. The molecule has 0 radical (unpaired) electrons. The predicted molar refractivity (Wildman–Crippen MR) is 93.6 cm³/mol. The van der Waals surface area contributed by atoms with Gasteiger partial charge >= 0.3 is 15.7 Å². The molecule has 0 saturated heterocycles. The Morgan fingerprint density at radius 3 is 2.36 bits per heavy atom. The summed E-state index contributed by atoms with van der Waals surface area (Å²) < 4.78 is 37.7. The maximum absolute atomic E-state index is 11.3. The molecule has 3 rings (SSSR count). The van der Waals surface area contributed by atoms with Crippen LogP contribution in [0.1, 0.15) is 5.56 Å². The summed E-state index contributed by atoms with van der Waals surface area (Å²) in [7, 11) is -3.52. The second-order valence-corrected chi connectivity index (χ2v) is 7.06. The summed E-state index contributed by atoms with van der Waals surface area (Å²) in [6.07, 6.45) is 1.64. The van der Waals surface area contributed by atoms with Crippen molar-refractivity contribution >= 4 is 21.1 Å². The molecule has 0 saturated carbocycles. The summed E-state index contributed by atoms with van der Waals surface area (Å²) in [6, 6.07) is 15.1. The molecule has 2 aromatic carbocycles. The first-order chi connectivity index (χ1) is 11.9. The van der Waals surface area contributed by atoms with Gasteiger partial charge in [0, 0.05) is 23.9 Å². The van der Waals surface area contributed by atoms with Crippen LogP contribution >= 0.6 is 0 Å². The van der Waals surface area contributed by atoms with Gasteiger partial charge in [0.15, 0.2) is 0 Å². The van der Waals surface area contributed by atoms with E-state index >= 15 is 0 Å². The molecule has 130 valence electrons. The van der Waals surface area contributed by atoms with Crippen molar-refractivity contribution in [1.82, 2.24) is 0 Å². The van der Waals surface area contributed by atoms with Crippen molar-refractivity contribution in [3.05, 3.63) is 70.6 Å². The van der Waals surface area contributed by atoms with Crippen molar-refractivity contribution in [2.24, 2.45) is 0 Å². The molecule has 0 atom stereocenters. The smallest absolute Gasteiger partial charge is 0.336 e. The molecule has 7 heteroatoms. The van der Waals surface area contributed by atoms with Crippen molar-refractivity contribution in [2.45, 2.75) is 6.42 Å². The summed E-state index contributed by atoms with van der Waals surface area (Å²) in [4.78, 5) is 11.3. The Labute approximate surface area is 144 Å². The fraction of sp³-hybridized carbons (Fsp3) is 0.167. The molecular formula is C18H16O6S. The van der Waals surface area contributed by atoms with Gasteiger partial charge in [-0.05, 0) is 35.9 Å². The van der Waals surface area contributed by atoms with Gasteiger partial charge in [0.05, 0.1) is 12.9 Å². The third-order valence-electron chi connectivity index (χ3n) is 3.42. The minimum Gasteiger partial charge on any atom is -0.493 e. The highest BCUT2D eigenvalue weighted by Crippen LogP contribution is 2.20. The van der Waals surface area contributed by atoms with Crippen molar-refractivity contribution in [2.75, 3.05) is 12.9 Å². The van der Waals surface area contributed by atoms with Crippen LogP contribution < -0.4 is 14.5 Å². The number of ether oxygens (including phenoxy) is 1. The van der Waals surface area contributed by atoms with Crippen molar-refractivity contribution < 1.29 is 21.8 Å². The maximum Gasteiger partial charge on any atom is 0.336 e. The Kier molecular flexibility index (Phi) is 4.76. The van der Waals surface area contributed by atoms with E-state index in [1.165, 1.54) is 6.07 Å².